The van der Waals surface area contributed by atoms with E-state index in [1.807, 2.05) is 6.20 Å². The van der Waals surface area contributed by atoms with Gasteiger partial charge in [0.2, 0.25) is 0 Å². The highest BCUT2D eigenvalue weighted by Gasteiger charge is 2.54. The van der Waals surface area contributed by atoms with Crippen LogP contribution in [0.1, 0.15) is 29.3 Å². The van der Waals surface area contributed by atoms with E-state index in [1.54, 1.807) is 8.99 Å². The molecule has 0 spiro atoms. The van der Waals surface area contributed by atoms with Crippen LogP contribution in [0.2, 0.25) is 0 Å². The summed E-state index contributed by atoms with van der Waals surface area (Å²) in [7, 11) is 0. The van der Waals surface area contributed by atoms with Crippen molar-refractivity contribution < 1.29 is 31.4 Å². The third-order valence-electron chi connectivity index (χ3n) is 6.05. The number of hydrogen-bond donors (Lipinski definition) is 1. The molecule has 0 saturated carbocycles. The van der Waals surface area contributed by atoms with Gasteiger partial charge in [-0.25, -0.2) is 12.9 Å². The zero-order chi connectivity index (χ0) is 22.6. The van der Waals surface area contributed by atoms with Crippen molar-refractivity contribution in [1.29, 1.82) is 0 Å². The Hall–Kier alpha value is -1.73. The predicted molar refractivity (Wildman–Crippen MR) is 105 cm³/mol. The molecule has 4 atom stereocenters. The number of rotatable bonds is 4. The third kappa shape index (κ3) is 4.14. The van der Waals surface area contributed by atoms with Crippen molar-refractivity contribution in [3.05, 3.63) is 52.9 Å². The van der Waals surface area contributed by atoms with Crippen LogP contribution in [0.3, 0.4) is 0 Å². The Kier molecular flexibility index (Phi) is 5.69. The van der Waals surface area contributed by atoms with Crippen LogP contribution in [0, 0.1) is 11.6 Å². The van der Waals surface area contributed by atoms with E-state index in [0.717, 1.165) is 23.8 Å². The highest BCUT2D eigenvalue weighted by Crippen LogP contribution is 2.42. The van der Waals surface area contributed by atoms with Crippen molar-refractivity contribution in [3.8, 4) is 0 Å². The lowest BCUT2D eigenvalue weighted by atomic mass is 9.89. The molecule has 0 radical (unpaired) electrons. The van der Waals surface area contributed by atoms with Crippen molar-refractivity contribution in [1.82, 2.24) is 14.1 Å². The van der Waals surface area contributed by atoms with Gasteiger partial charge in [0, 0.05) is 42.5 Å². The summed E-state index contributed by atoms with van der Waals surface area (Å²) in [6.07, 6.45) is -6.54. The molecule has 2 fully saturated rings. The van der Waals surface area contributed by atoms with Crippen molar-refractivity contribution in [3.63, 3.8) is 0 Å². The van der Waals surface area contributed by atoms with Gasteiger partial charge in [-0.3, -0.25) is 4.90 Å². The molecule has 5 rings (SSSR count). The van der Waals surface area contributed by atoms with Gasteiger partial charge in [-0.2, -0.15) is 18.3 Å². The lowest BCUT2D eigenvalue weighted by Gasteiger charge is -2.44. The summed E-state index contributed by atoms with van der Waals surface area (Å²) in [6, 6.07) is 0.604. The van der Waals surface area contributed by atoms with Gasteiger partial charge in [0.15, 0.2) is 6.10 Å². The Morgan fingerprint density at radius 2 is 1.94 bits per heavy atom. The van der Waals surface area contributed by atoms with Crippen LogP contribution in [0.5, 0.6) is 0 Å². The minimum atomic E-state index is -4.70. The number of aromatic nitrogens is 2. The maximum absolute atomic E-state index is 14.2. The lowest BCUT2D eigenvalue weighted by Crippen LogP contribution is -2.58. The number of hydrogen-bond acceptors (Lipinski definition) is 6. The average molecular weight is 476 g/mol. The standard InChI is InChI=1S/C20H21F5N4O2S/c21-11-1-2-14(22)13(3-11)18-15(26)4-17(19(31-18)20(23,24)25)28-5-10-6-29(27-16(10)7-28)32-12-8-30-9-12/h1-3,6,12,15,17-19H,4-5,7-9,26H2/t15?,17?,18-,19?/m1/s1. The van der Waals surface area contributed by atoms with Gasteiger partial charge in [0.25, 0.3) is 0 Å². The highest BCUT2D eigenvalue weighted by atomic mass is 32.2. The summed E-state index contributed by atoms with van der Waals surface area (Å²) in [5, 5.41) is 4.81. The van der Waals surface area contributed by atoms with Crippen LogP contribution in [-0.4, -0.2) is 56.9 Å². The molecular formula is C20H21F5N4O2S. The fraction of sp³-hybridized carbons (Fsp3) is 0.550. The normalized spacial score (nSPS) is 29.2. The molecule has 0 amide bonds. The van der Waals surface area contributed by atoms with Crippen LogP contribution >= 0.6 is 11.9 Å². The minimum absolute atomic E-state index is 0.0801. The number of ether oxygens (including phenoxy) is 2. The molecule has 32 heavy (non-hydrogen) atoms. The van der Waals surface area contributed by atoms with Crippen LogP contribution in [0.15, 0.2) is 24.4 Å². The molecular weight excluding hydrogens is 455 g/mol. The highest BCUT2D eigenvalue weighted by molar-refractivity contribution is 7.98. The van der Waals surface area contributed by atoms with Gasteiger partial charge in [-0.1, -0.05) is 0 Å². The Bertz CT molecular complexity index is 975. The van der Waals surface area contributed by atoms with Gasteiger partial charge < -0.3 is 15.2 Å². The molecule has 6 nitrogen and oxygen atoms in total. The van der Waals surface area contributed by atoms with Crippen LogP contribution in [0.4, 0.5) is 22.0 Å². The molecule has 3 unspecified atom stereocenters. The zero-order valence-electron chi connectivity index (χ0n) is 16.8. The van der Waals surface area contributed by atoms with Crippen LogP contribution in [-0.2, 0) is 22.6 Å². The van der Waals surface area contributed by atoms with Crippen molar-refractivity contribution >= 4 is 11.9 Å². The fourth-order valence-electron chi connectivity index (χ4n) is 4.42. The molecule has 2 aromatic rings. The summed E-state index contributed by atoms with van der Waals surface area (Å²) in [4.78, 5) is 1.65. The number of alkyl halides is 3. The van der Waals surface area contributed by atoms with Gasteiger partial charge in [0.05, 0.1) is 24.2 Å². The maximum Gasteiger partial charge on any atom is 0.416 e. The molecule has 4 heterocycles. The molecule has 3 aliphatic rings. The number of fused-ring (bicyclic) bond motifs is 1. The SMILES string of the molecule is NC1CC(N2Cc3cn(SC4COC4)nc3C2)C(C(F)(F)F)O[C@@H]1c1cc(F)ccc1F. The van der Waals surface area contributed by atoms with E-state index < -0.39 is 42.1 Å². The first-order chi connectivity index (χ1) is 15.2. The average Bonchev–Trinajstić information content (AvgIpc) is 3.24. The molecule has 0 aliphatic carbocycles. The second kappa shape index (κ2) is 8.24. The molecule has 1 aromatic carbocycles. The quantitative estimate of drug-likeness (QED) is 0.684. The van der Waals surface area contributed by atoms with Crippen molar-refractivity contribution in [2.24, 2.45) is 5.73 Å². The zero-order valence-corrected chi connectivity index (χ0v) is 17.6. The second-order valence-corrected chi connectivity index (χ2v) is 9.58. The van der Waals surface area contributed by atoms with E-state index in [-0.39, 0.29) is 25.1 Å². The lowest BCUT2D eigenvalue weighted by molar-refractivity contribution is -0.269. The molecule has 0 bridgehead atoms. The van der Waals surface area contributed by atoms with Crippen LogP contribution in [0.25, 0.3) is 0 Å². The summed E-state index contributed by atoms with van der Waals surface area (Å²) in [6.45, 7) is 1.82. The predicted octanol–water partition coefficient (Wildman–Crippen LogP) is 3.16. The first-order valence-corrected chi connectivity index (χ1v) is 11.0. The molecule has 12 heteroatoms. The Labute approximate surface area is 185 Å². The van der Waals surface area contributed by atoms with Gasteiger partial charge in [-0.15, -0.1) is 0 Å². The largest absolute Gasteiger partial charge is 0.416 e. The first-order valence-electron chi connectivity index (χ1n) is 10.2. The Morgan fingerprint density at radius 1 is 1.16 bits per heavy atom. The molecule has 2 N–H and O–H groups in total. The van der Waals surface area contributed by atoms with Crippen molar-refractivity contribution in [2.75, 3.05) is 13.2 Å². The number of benzene rings is 1. The topological polar surface area (TPSA) is 65.5 Å². The molecule has 3 aliphatic heterocycles. The smallest absolute Gasteiger partial charge is 0.379 e. The van der Waals surface area contributed by atoms with E-state index >= 15 is 0 Å². The summed E-state index contributed by atoms with van der Waals surface area (Å²) in [5.74, 6) is -1.62. The van der Waals surface area contributed by atoms with Gasteiger partial charge in [0.1, 0.15) is 17.7 Å². The molecule has 174 valence electrons. The fourth-order valence-corrected chi connectivity index (χ4v) is 5.37. The summed E-state index contributed by atoms with van der Waals surface area (Å²) >= 11 is 1.53. The monoisotopic (exact) mass is 476 g/mol. The summed E-state index contributed by atoms with van der Waals surface area (Å²) in [5.41, 5.74) is 7.39. The van der Waals surface area contributed by atoms with Crippen molar-refractivity contribution in [2.45, 2.75) is 55.2 Å². The number of halogens is 5. The maximum atomic E-state index is 14.2. The van der Waals surface area contributed by atoms with E-state index in [1.165, 1.54) is 11.9 Å². The summed E-state index contributed by atoms with van der Waals surface area (Å²) < 4.78 is 81.9. The van der Waals surface area contributed by atoms with E-state index in [9.17, 15) is 22.0 Å². The number of nitrogens with zero attached hydrogens (tertiary/aromatic N) is 3. The van der Waals surface area contributed by atoms with E-state index in [0.29, 0.717) is 24.2 Å². The van der Waals surface area contributed by atoms with E-state index in [4.69, 9.17) is 15.2 Å². The Morgan fingerprint density at radius 3 is 2.59 bits per heavy atom. The minimum Gasteiger partial charge on any atom is -0.379 e. The molecule has 2 saturated heterocycles. The second-order valence-electron chi connectivity index (χ2n) is 8.33. The third-order valence-corrected chi connectivity index (χ3v) is 7.02. The van der Waals surface area contributed by atoms with E-state index in [2.05, 4.69) is 5.10 Å². The van der Waals surface area contributed by atoms with Gasteiger partial charge in [-0.05, 0) is 36.6 Å². The first kappa shape index (κ1) is 22.1. The van der Waals surface area contributed by atoms with Crippen LogP contribution < -0.4 is 5.73 Å². The molecule has 1 aromatic heterocycles. The Balaban J connectivity index is 1.34. The van der Waals surface area contributed by atoms with Gasteiger partial charge >= 0.3 is 6.18 Å². The number of nitrogens with two attached hydrogens (primary N) is 1.